The smallest absolute Gasteiger partial charge is 0.230 e. The number of likely N-dealkylation sites (tertiary alicyclic amines) is 1. The molecule has 1 aliphatic carbocycles. The van der Waals surface area contributed by atoms with Gasteiger partial charge in [-0.15, -0.1) is 0 Å². The lowest BCUT2D eigenvalue weighted by Crippen LogP contribution is -2.46. The number of ether oxygens (including phenoxy) is 1. The number of methoxy groups -OCH3 is 1. The van der Waals surface area contributed by atoms with Gasteiger partial charge < -0.3 is 14.5 Å². The van der Waals surface area contributed by atoms with Crippen molar-refractivity contribution in [3.63, 3.8) is 0 Å². The van der Waals surface area contributed by atoms with Crippen molar-refractivity contribution in [2.75, 3.05) is 34.3 Å². The van der Waals surface area contributed by atoms with Crippen molar-refractivity contribution < 1.29 is 14.3 Å². The highest BCUT2D eigenvalue weighted by atomic mass is 16.5. The van der Waals surface area contributed by atoms with Crippen molar-refractivity contribution in [2.24, 2.45) is 11.3 Å². The molecule has 2 aromatic carbocycles. The molecule has 5 heteroatoms. The molecule has 0 bridgehead atoms. The minimum Gasteiger partial charge on any atom is -0.496 e. The lowest BCUT2D eigenvalue weighted by Gasteiger charge is -2.33. The maximum atomic E-state index is 13.2. The molecule has 0 aromatic heterocycles. The van der Waals surface area contributed by atoms with Crippen LogP contribution in [0, 0.1) is 11.3 Å². The van der Waals surface area contributed by atoms with Gasteiger partial charge in [-0.05, 0) is 42.9 Å². The van der Waals surface area contributed by atoms with Crippen molar-refractivity contribution >= 4 is 11.8 Å². The van der Waals surface area contributed by atoms with E-state index in [1.165, 1.54) is 0 Å². The van der Waals surface area contributed by atoms with Crippen molar-refractivity contribution in [3.8, 4) is 16.9 Å². The van der Waals surface area contributed by atoms with Crippen LogP contribution in [-0.2, 0) is 16.0 Å². The fourth-order valence-corrected chi connectivity index (χ4v) is 4.92. The van der Waals surface area contributed by atoms with E-state index in [1.807, 2.05) is 43.3 Å². The molecule has 1 atom stereocenters. The van der Waals surface area contributed by atoms with Crippen LogP contribution in [-0.4, -0.2) is 55.9 Å². The summed E-state index contributed by atoms with van der Waals surface area (Å²) in [4.78, 5) is 29.7. The van der Waals surface area contributed by atoms with Gasteiger partial charge in [0, 0.05) is 38.7 Å². The number of carbonyl (C=O) groups excluding carboxylic acids is 2. The maximum Gasteiger partial charge on any atom is 0.230 e. The summed E-state index contributed by atoms with van der Waals surface area (Å²) >= 11 is 0. The molecule has 2 amide bonds. The third kappa shape index (κ3) is 4.18. The van der Waals surface area contributed by atoms with E-state index in [0.717, 1.165) is 48.1 Å². The first-order valence-electron chi connectivity index (χ1n) is 11.2. The topological polar surface area (TPSA) is 49.9 Å². The van der Waals surface area contributed by atoms with E-state index in [2.05, 4.69) is 24.3 Å². The second kappa shape index (κ2) is 8.74. The lowest BCUT2D eigenvalue weighted by atomic mass is 9.79. The van der Waals surface area contributed by atoms with Gasteiger partial charge in [-0.2, -0.15) is 0 Å². The van der Waals surface area contributed by atoms with Gasteiger partial charge in [0.25, 0.3) is 0 Å². The number of hydrogen-bond donors (Lipinski definition) is 0. The summed E-state index contributed by atoms with van der Waals surface area (Å²) in [5, 5.41) is 0. The van der Waals surface area contributed by atoms with E-state index >= 15 is 0 Å². The first-order valence-corrected chi connectivity index (χ1v) is 11.2. The highest BCUT2D eigenvalue weighted by Gasteiger charge is 2.47. The first kappa shape index (κ1) is 21.4. The second-order valence-corrected chi connectivity index (χ2v) is 9.19. The molecule has 0 N–H and O–H groups in total. The molecule has 0 unspecified atom stereocenters. The summed E-state index contributed by atoms with van der Waals surface area (Å²) in [7, 11) is 5.30. The maximum absolute atomic E-state index is 13.2. The number of para-hydroxylation sites is 1. The Bertz CT molecular complexity index is 949. The third-order valence-corrected chi connectivity index (χ3v) is 6.89. The van der Waals surface area contributed by atoms with Crippen molar-refractivity contribution in [1.82, 2.24) is 9.80 Å². The van der Waals surface area contributed by atoms with Gasteiger partial charge in [-0.1, -0.05) is 48.9 Å². The SMILES string of the molecule is COc1ccccc1-c1ccc(C[C@]2(C(=O)N(C)C)CCN(C(=O)C3CCC3)C2)cc1. The quantitative estimate of drug-likeness (QED) is 0.709. The molecule has 4 rings (SSSR count). The fraction of sp³-hybridized carbons (Fsp3) is 0.462. The van der Waals surface area contributed by atoms with E-state index in [9.17, 15) is 9.59 Å². The van der Waals surface area contributed by atoms with Crippen LogP contribution in [0.1, 0.15) is 31.2 Å². The zero-order valence-electron chi connectivity index (χ0n) is 18.8. The monoisotopic (exact) mass is 420 g/mol. The molecule has 2 fully saturated rings. The van der Waals surface area contributed by atoms with Gasteiger partial charge in [0.15, 0.2) is 0 Å². The van der Waals surface area contributed by atoms with Gasteiger partial charge in [0.05, 0.1) is 12.5 Å². The predicted octanol–water partition coefficient (Wildman–Crippen LogP) is 4.01. The Labute approximate surface area is 185 Å². The Morgan fingerprint density at radius 2 is 1.81 bits per heavy atom. The molecule has 2 aromatic rings. The number of carbonyl (C=O) groups is 2. The molecule has 2 aliphatic rings. The number of benzene rings is 2. The standard InChI is InChI=1S/C26H32N2O3/c1-27(2)25(30)26(15-16-28(18-26)24(29)21-7-6-8-21)17-19-11-13-20(14-12-19)22-9-4-5-10-23(22)31-3/h4-5,9-14,21H,6-8,15-18H2,1-3H3/t26-/m1/s1. The van der Waals surface area contributed by atoms with Gasteiger partial charge in [-0.3, -0.25) is 9.59 Å². The summed E-state index contributed by atoms with van der Waals surface area (Å²) in [6, 6.07) is 16.4. The number of amides is 2. The Kier molecular flexibility index (Phi) is 6.03. The average molecular weight is 421 g/mol. The normalized spacial score (nSPS) is 20.9. The summed E-state index contributed by atoms with van der Waals surface area (Å²) < 4.78 is 5.49. The second-order valence-electron chi connectivity index (χ2n) is 9.19. The van der Waals surface area contributed by atoms with Crippen molar-refractivity contribution in [1.29, 1.82) is 0 Å². The van der Waals surface area contributed by atoms with Gasteiger partial charge in [0.1, 0.15) is 5.75 Å². The van der Waals surface area contributed by atoms with Crippen LogP contribution in [0.4, 0.5) is 0 Å². The highest BCUT2D eigenvalue weighted by Crippen LogP contribution is 2.39. The Balaban J connectivity index is 1.55. The van der Waals surface area contributed by atoms with Crippen LogP contribution in [0.5, 0.6) is 5.75 Å². The van der Waals surface area contributed by atoms with E-state index in [-0.39, 0.29) is 17.7 Å². The van der Waals surface area contributed by atoms with Crippen LogP contribution in [0.25, 0.3) is 11.1 Å². The first-order chi connectivity index (χ1) is 14.9. The fourth-order valence-electron chi connectivity index (χ4n) is 4.92. The zero-order chi connectivity index (χ0) is 22.0. The number of rotatable bonds is 6. The number of hydrogen-bond acceptors (Lipinski definition) is 3. The molecule has 0 radical (unpaired) electrons. The third-order valence-electron chi connectivity index (χ3n) is 6.89. The van der Waals surface area contributed by atoms with Crippen LogP contribution < -0.4 is 4.74 Å². The predicted molar refractivity (Wildman–Crippen MR) is 122 cm³/mol. The Morgan fingerprint density at radius 3 is 2.42 bits per heavy atom. The van der Waals surface area contributed by atoms with Crippen LogP contribution in [0.2, 0.25) is 0 Å². The molecule has 164 valence electrons. The van der Waals surface area contributed by atoms with E-state index < -0.39 is 5.41 Å². The lowest BCUT2D eigenvalue weighted by molar-refractivity contribution is -0.141. The molecular formula is C26H32N2O3. The average Bonchev–Trinajstić information content (AvgIpc) is 3.17. The minimum atomic E-state index is -0.547. The summed E-state index contributed by atoms with van der Waals surface area (Å²) in [6.45, 7) is 1.20. The van der Waals surface area contributed by atoms with Crippen molar-refractivity contribution in [3.05, 3.63) is 54.1 Å². The minimum absolute atomic E-state index is 0.116. The van der Waals surface area contributed by atoms with E-state index in [4.69, 9.17) is 4.74 Å². The molecule has 5 nitrogen and oxygen atoms in total. The van der Waals surface area contributed by atoms with Crippen molar-refractivity contribution in [2.45, 2.75) is 32.1 Å². The summed E-state index contributed by atoms with van der Waals surface area (Å²) in [5.41, 5.74) is 2.71. The van der Waals surface area contributed by atoms with Crippen LogP contribution in [0.15, 0.2) is 48.5 Å². The Hall–Kier alpha value is -2.82. The molecule has 1 saturated heterocycles. The molecular weight excluding hydrogens is 388 g/mol. The van der Waals surface area contributed by atoms with E-state index in [0.29, 0.717) is 19.5 Å². The van der Waals surface area contributed by atoms with Gasteiger partial charge in [0.2, 0.25) is 11.8 Å². The number of nitrogens with zero attached hydrogens (tertiary/aromatic N) is 2. The van der Waals surface area contributed by atoms with Crippen LogP contribution in [0.3, 0.4) is 0 Å². The zero-order valence-corrected chi connectivity index (χ0v) is 18.8. The van der Waals surface area contributed by atoms with Gasteiger partial charge >= 0.3 is 0 Å². The largest absolute Gasteiger partial charge is 0.496 e. The molecule has 31 heavy (non-hydrogen) atoms. The highest BCUT2D eigenvalue weighted by molar-refractivity contribution is 5.86. The molecule has 1 heterocycles. The van der Waals surface area contributed by atoms with Gasteiger partial charge in [-0.25, -0.2) is 0 Å². The Morgan fingerprint density at radius 1 is 1.10 bits per heavy atom. The van der Waals surface area contributed by atoms with E-state index in [1.54, 1.807) is 12.0 Å². The molecule has 1 saturated carbocycles. The summed E-state index contributed by atoms with van der Waals surface area (Å²) in [5.74, 6) is 1.37. The van der Waals surface area contributed by atoms with Crippen LogP contribution >= 0.6 is 0 Å². The molecule has 1 aliphatic heterocycles. The molecule has 0 spiro atoms. The summed E-state index contributed by atoms with van der Waals surface area (Å²) in [6.07, 6.45) is 4.49.